The van der Waals surface area contributed by atoms with Gasteiger partial charge in [-0.2, -0.15) is 0 Å². The normalized spacial score (nSPS) is 17.3. The van der Waals surface area contributed by atoms with E-state index in [4.69, 9.17) is 4.74 Å². The minimum atomic E-state index is -0.254. The quantitative estimate of drug-likeness (QED) is 0.838. The number of anilines is 1. The van der Waals surface area contributed by atoms with Crippen LogP contribution in [0.25, 0.3) is 0 Å². The fraction of sp³-hybridized carbons (Fsp3) is 0.200. The van der Waals surface area contributed by atoms with Gasteiger partial charge in [0.05, 0.1) is 12.2 Å². The molecule has 3 rings (SSSR count). The molecule has 2 nitrogen and oxygen atoms in total. The topological polar surface area (TPSA) is 21.3 Å². The monoisotopic (exact) mass is 321 g/mol. The minimum Gasteiger partial charge on any atom is -0.482 e. The second-order valence-corrected chi connectivity index (χ2v) is 5.51. The van der Waals surface area contributed by atoms with E-state index in [9.17, 15) is 4.39 Å². The molecule has 2 aromatic rings. The van der Waals surface area contributed by atoms with Gasteiger partial charge in [0.25, 0.3) is 0 Å². The van der Waals surface area contributed by atoms with Crippen LogP contribution < -0.4 is 10.1 Å². The Kier molecular flexibility index (Phi) is 3.19. The summed E-state index contributed by atoms with van der Waals surface area (Å²) >= 11 is 3.39. The predicted octanol–water partition coefficient (Wildman–Crippen LogP) is 4.44. The lowest BCUT2D eigenvalue weighted by atomic mass is 10.1. The first-order valence-electron chi connectivity index (χ1n) is 6.09. The van der Waals surface area contributed by atoms with Crippen molar-refractivity contribution in [2.24, 2.45) is 0 Å². The number of hydrogen-bond acceptors (Lipinski definition) is 2. The molecule has 2 aromatic carbocycles. The van der Waals surface area contributed by atoms with E-state index in [-0.39, 0.29) is 11.9 Å². The number of fused-ring (bicyclic) bond motifs is 1. The Morgan fingerprint density at radius 2 is 2.11 bits per heavy atom. The summed E-state index contributed by atoms with van der Waals surface area (Å²) in [4.78, 5) is 0. The molecule has 0 spiro atoms. The smallest absolute Gasteiger partial charge is 0.143 e. The molecule has 1 heterocycles. The number of nitrogens with one attached hydrogen (secondary N) is 1. The maximum absolute atomic E-state index is 13.1. The van der Waals surface area contributed by atoms with Gasteiger partial charge in [-0.05, 0) is 36.8 Å². The Morgan fingerprint density at radius 3 is 2.89 bits per heavy atom. The van der Waals surface area contributed by atoms with Crippen LogP contribution >= 0.6 is 15.9 Å². The van der Waals surface area contributed by atoms with Gasteiger partial charge >= 0.3 is 0 Å². The summed E-state index contributed by atoms with van der Waals surface area (Å²) in [6.07, 6.45) is -0.120. The maximum Gasteiger partial charge on any atom is 0.143 e. The zero-order valence-corrected chi connectivity index (χ0v) is 12.0. The Balaban J connectivity index is 1.91. The summed E-state index contributed by atoms with van der Waals surface area (Å²) in [6, 6.07) is 10.7. The van der Waals surface area contributed by atoms with Gasteiger partial charge in [-0.25, -0.2) is 4.39 Å². The van der Waals surface area contributed by atoms with E-state index < -0.39 is 0 Å². The third-order valence-corrected chi connectivity index (χ3v) is 3.88. The van der Waals surface area contributed by atoms with Gasteiger partial charge in [0, 0.05) is 10.0 Å². The largest absolute Gasteiger partial charge is 0.482 e. The second-order valence-electron chi connectivity index (χ2n) is 4.65. The summed E-state index contributed by atoms with van der Waals surface area (Å²) in [6.45, 7) is 2.71. The lowest BCUT2D eigenvalue weighted by Crippen LogP contribution is -2.24. The zero-order chi connectivity index (χ0) is 13.4. The summed E-state index contributed by atoms with van der Waals surface area (Å²) < 4.78 is 19.8. The van der Waals surface area contributed by atoms with Crippen LogP contribution in [0.2, 0.25) is 0 Å². The molecule has 1 atom stereocenters. The van der Waals surface area contributed by atoms with Crippen molar-refractivity contribution in [3.05, 3.63) is 57.8 Å². The van der Waals surface area contributed by atoms with Gasteiger partial charge < -0.3 is 10.1 Å². The van der Waals surface area contributed by atoms with Crippen molar-refractivity contribution in [2.75, 3.05) is 11.9 Å². The molecule has 0 aliphatic carbocycles. The molecule has 0 saturated heterocycles. The first-order chi connectivity index (χ1) is 9.13. The summed E-state index contributed by atoms with van der Waals surface area (Å²) in [7, 11) is 0. The standard InChI is InChI=1S/C15H13BrFNO/c1-9-2-5-14-13(6-9)18-8-15(19-14)11-4-3-10(17)7-12(11)16/h2-7,15,18H,8H2,1H3. The van der Waals surface area contributed by atoms with E-state index in [2.05, 4.69) is 27.3 Å². The van der Waals surface area contributed by atoms with Crippen LogP contribution in [0.3, 0.4) is 0 Å². The van der Waals surface area contributed by atoms with Crippen molar-refractivity contribution in [3.63, 3.8) is 0 Å². The van der Waals surface area contributed by atoms with E-state index in [0.29, 0.717) is 6.54 Å². The highest BCUT2D eigenvalue weighted by atomic mass is 79.9. The Bertz CT molecular complexity index is 630. The highest BCUT2D eigenvalue weighted by Gasteiger charge is 2.22. The molecule has 0 amide bonds. The van der Waals surface area contributed by atoms with Crippen molar-refractivity contribution in [1.82, 2.24) is 0 Å². The van der Waals surface area contributed by atoms with E-state index in [1.54, 1.807) is 6.07 Å². The number of hydrogen-bond donors (Lipinski definition) is 1. The Morgan fingerprint density at radius 1 is 1.26 bits per heavy atom. The number of halogens is 2. The van der Waals surface area contributed by atoms with Crippen LogP contribution in [0, 0.1) is 12.7 Å². The average molecular weight is 322 g/mol. The summed E-state index contributed by atoms with van der Waals surface area (Å²) in [5.74, 6) is 0.577. The predicted molar refractivity (Wildman–Crippen MR) is 77.1 cm³/mol. The molecule has 0 bridgehead atoms. The van der Waals surface area contributed by atoms with Crippen LogP contribution in [-0.2, 0) is 0 Å². The molecule has 1 aliphatic rings. The lowest BCUT2D eigenvalue weighted by Gasteiger charge is -2.28. The second kappa shape index (κ2) is 4.85. The van der Waals surface area contributed by atoms with Crippen LogP contribution in [-0.4, -0.2) is 6.54 Å². The molecular weight excluding hydrogens is 309 g/mol. The van der Waals surface area contributed by atoms with Crippen molar-refractivity contribution in [3.8, 4) is 5.75 Å². The highest BCUT2D eigenvalue weighted by Crippen LogP contribution is 2.36. The van der Waals surface area contributed by atoms with Crippen LogP contribution in [0.5, 0.6) is 5.75 Å². The number of rotatable bonds is 1. The number of aryl methyl sites for hydroxylation is 1. The fourth-order valence-corrected chi connectivity index (χ4v) is 2.82. The molecule has 0 radical (unpaired) electrons. The van der Waals surface area contributed by atoms with Gasteiger partial charge in [0.1, 0.15) is 17.7 Å². The molecule has 19 heavy (non-hydrogen) atoms. The van der Waals surface area contributed by atoms with Crippen molar-refractivity contribution in [2.45, 2.75) is 13.0 Å². The molecule has 0 saturated carbocycles. The molecule has 0 fully saturated rings. The van der Waals surface area contributed by atoms with Gasteiger partial charge in [-0.1, -0.05) is 28.1 Å². The number of ether oxygens (including phenoxy) is 1. The van der Waals surface area contributed by atoms with Crippen LogP contribution in [0.1, 0.15) is 17.2 Å². The molecule has 98 valence electrons. The molecule has 4 heteroatoms. The molecule has 1 unspecified atom stereocenters. The summed E-state index contributed by atoms with van der Waals surface area (Å²) in [5.41, 5.74) is 3.14. The van der Waals surface area contributed by atoms with Crippen LogP contribution in [0.15, 0.2) is 40.9 Å². The average Bonchev–Trinajstić information content (AvgIpc) is 2.38. The van der Waals surface area contributed by atoms with Crippen molar-refractivity contribution in [1.29, 1.82) is 0 Å². The zero-order valence-electron chi connectivity index (χ0n) is 10.4. The van der Waals surface area contributed by atoms with E-state index in [1.165, 1.54) is 17.7 Å². The molecular formula is C15H13BrFNO. The Labute approximate surface area is 119 Å². The van der Waals surface area contributed by atoms with Gasteiger partial charge in [0.15, 0.2) is 0 Å². The molecule has 1 aliphatic heterocycles. The number of benzene rings is 2. The molecule has 1 N–H and O–H groups in total. The lowest BCUT2D eigenvalue weighted by molar-refractivity contribution is 0.209. The maximum atomic E-state index is 13.1. The Hall–Kier alpha value is -1.55. The van der Waals surface area contributed by atoms with Crippen LogP contribution in [0.4, 0.5) is 10.1 Å². The first-order valence-corrected chi connectivity index (χ1v) is 6.89. The SMILES string of the molecule is Cc1ccc2c(c1)NCC(c1ccc(F)cc1Br)O2. The fourth-order valence-electron chi connectivity index (χ4n) is 2.22. The van der Waals surface area contributed by atoms with Gasteiger partial charge in [0.2, 0.25) is 0 Å². The highest BCUT2D eigenvalue weighted by molar-refractivity contribution is 9.10. The van der Waals surface area contributed by atoms with Crippen molar-refractivity contribution < 1.29 is 9.13 Å². The minimum absolute atomic E-state index is 0.120. The summed E-state index contributed by atoms with van der Waals surface area (Å²) in [5, 5.41) is 3.35. The van der Waals surface area contributed by atoms with E-state index >= 15 is 0 Å². The van der Waals surface area contributed by atoms with E-state index in [0.717, 1.165) is 21.5 Å². The first kappa shape index (κ1) is 12.5. The molecule has 0 aromatic heterocycles. The van der Waals surface area contributed by atoms with Gasteiger partial charge in [-0.3, -0.25) is 0 Å². The third-order valence-electron chi connectivity index (χ3n) is 3.19. The van der Waals surface area contributed by atoms with E-state index in [1.807, 2.05) is 19.1 Å². The van der Waals surface area contributed by atoms with Gasteiger partial charge in [-0.15, -0.1) is 0 Å². The third kappa shape index (κ3) is 2.45. The van der Waals surface area contributed by atoms with Crippen molar-refractivity contribution >= 4 is 21.6 Å².